The Morgan fingerprint density at radius 2 is 2.00 bits per heavy atom. The topological polar surface area (TPSA) is 12.5 Å². The Morgan fingerprint density at radius 1 is 1.33 bits per heavy atom. The van der Waals surface area contributed by atoms with E-state index in [1.807, 2.05) is 0 Å². The van der Waals surface area contributed by atoms with Crippen LogP contribution in [0.25, 0.3) is 0 Å². The number of rotatable bonds is 10. The third kappa shape index (κ3) is 8.52. The molecule has 0 fully saturated rings. The minimum absolute atomic E-state index is 0.497. The fraction of sp³-hybridized carbons (Fsp3) is 0.812. The molecule has 2 heteroatoms. The molecule has 0 aliphatic heterocycles. The summed E-state index contributed by atoms with van der Waals surface area (Å²) in [4.78, 5) is 2.15. The lowest BCUT2D eigenvalue weighted by atomic mass is 9.89. The average molecular weight is 253 g/mol. The molecule has 0 aromatic rings. The van der Waals surface area contributed by atoms with Gasteiger partial charge in [0.2, 0.25) is 0 Å². The first kappa shape index (κ1) is 17.4. The van der Waals surface area contributed by atoms with Crippen molar-refractivity contribution in [1.82, 2.24) is 4.90 Å². The van der Waals surface area contributed by atoms with E-state index in [1.54, 1.807) is 0 Å². The molecule has 1 unspecified atom stereocenters. The zero-order valence-electron chi connectivity index (χ0n) is 13.0. The molecular formula is C16H31NO. The van der Waals surface area contributed by atoms with Gasteiger partial charge in [-0.15, -0.1) is 5.73 Å². The van der Waals surface area contributed by atoms with E-state index in [0.29, 0.717) is 11.8 Å². The highest BCUT2D eigenvalue weighted by Gasteiger charge is 2.14. The Hall–Kier alpha value is -0.560. The van der Waals surface area contributed by atoms with Crippen LogP contribution in [0.15, 0.2) is 17.9 Å². The van der Waals surface area contributed by atoms with Crippen molar-refractivity contribution >= 4 is 0 Å². The molecule has 0 rings (SSSR count). The highest BCUT2D eigenvalue weighted by atomic mass is 16.5. The Morgan fingerprint density at radius 3 is 2.44 bits per heavy atom. The van der Waals surface area contributed by atoms with E-state index in [9.17, 15) is 0 Å². The maximum Gasteiger partial charge on any atom is 0.0593 e. The van der Waals surface area contributed by atoms with Crippen molar-refractivity contribution in [2.24, 2.45) is 11.8 Å². The molecule has 0 aromatic heterocycles. The van der Waals surface area contributed by atoms with E-state index in [4.69, 9.17) is 4.74 Å². The van der Waals surface area contributed by atoms with Crippen LogP contribution in [0.1, 0.15) is 40.0 Å². The molecule has 2 nitrogen and oxygen atoms in total. The van der Waals surface area contributed by atoms with Gasteiger partial charge in [0.05, 0.1) is 13.2 Å². The largest absolute Gasteiger partial charge is 0.379 e. The molecule has 18 heavy (non-hydrogen) atoms. The number of hydrogen-bond donors (Lipinski definition) is 0. The van der Waals surface area contributed by atoms with Gasteiger partial charge in [-0.05, 0) is 38.4 Å². The first-order valence-electron chi connectivity index (χ1n) is 7.12. The highest BCUT2D eigenvalue weighted by molar-refractivity contribution is 5.05. The maximum atomic E-state index is 5.79. The highest BCUT2D eigenvalue weighted by Crippen LogP contribution is 2.23. The van der Waals surface area contributed by atoms with Crippen molar-refractivity contribution in [2.75, 3.05) is 33.9 Å². The number of hydrogen-bond acceptors (Lipinski definition) is 2. The summed E-state index contributed by atoms with van der Waals surface area (Å²) in [5.41, 5.74) is 4.49. The number of likely N-dealkylation sites (N-methyl/N-ethyl adjacent to an activating group) is 1. The summed E-state index contributed by atoms with van der Waals surface area (Å²) in [6, 6.07) is 0. The zero-order valence-corrected chi connectivity index (χ0v) is 13.0. The predicted octanol–water partition coefficient (Wildman–Crippen LogP) is 3.74. The van der Waals surface area contributed by atoms with Gasteiger partial charge >= 0.3 is 0 Å². The summed E-state index contributed by atoms with van der Waals surface area (Å²) < 4.78 is 5.79. The minimum atomic E-state index is 0.497. The third-order valence-corrected chi connectivity index (χ3v) is 2.99. The molecule has 0 amide bonds. The van der Waals surface area contributed by atoms with E-state index in [1.165, 1.54) is 18.4 Å². The first-order chi connectivity index (χ1) is 8.51. The van der Waals surface area contributed by atoms with Crippen molar-refractivity contribution in [3.05, 3.63) is 17.9 Å². The lowest BCUT2D eigenvalue weighted by Gasteiger charge is -2.20. The molecular weight excluding hydrogens is 222 g/mol. The lowest BCUT2D eigenvalue weighted by molar-refractivity contribution is 0.0924. The van der Waals surface area contributed by atoms with E-state index in [-0.39, 0.29) is 0 Å². The predicted molar refractivity (Wildman–Crippen MR) is 79.9 cm³/mol. The summed E-state index contributed by atoms with van der Waals surface area (Å²) >= 11 is 0. The van der Waals surface area contributed by atoms with Crippen molar-refractivity contribution in [1.29, 1.82) is 0 Å². The Balaban J connectivity index is 4.23. The summed E-state index contributed by atoms with van der Waals surface area (Å²) in [7, 11) is 4.14. The second kappa shape index (κ2) is 10.4. The van der Waals surface area contributed by atoms with Crippen molar-refractivity contribution in [3.8, 4) is 0 Å². The summed E-state index contributed by atoms with van der Waals surface area (Å²) in [6.45, 7) is 13.2. The normalized spacial score (nSPS) is 12.8. The van der Waals surface area contributed by atoms with Crippen LogP contribution in [-0.2, 0) is 4.74 Å². The molecule has 0 N–H and O–H groups in total. The van der Waals surface area contributed by atoms with Gasteiger partial charge in [-0.3, -0.25) is 0 Å². The smallest absolute Gasteiger partial charge is 0.0593 e. The molecule has 0 heterocycles. The fourth-order valence-electron chi connectivity index (χ4n) is 2.00. The molecule has 0 aliphatic rings. The molecule has 0 radical (unpaired) electrons. The van der Waals surface area contributed by atoms with Crippen LogP contribution in [0.5, 0.6) is 0 Å². The fourth-order valence-corrected chi connectivity index (χ4v) is 2.00. The van der Waals surface area contributed by atoms with Crippen LogP contribution >= 0.6 is 0 Å². The van der Waals surface area contributed by atoms with E-state index in [0.717, 1.165) is 26.2 Å². The summed E-state index contributed by atoms with van der Waals surface area (Å²) in [6.07, 6.45) is 3.45. The number of nitrogens with zero attached hydrogens (tertiary/aromatic N) is 1. The van der Waals surface area contributed by atoms with E-state index >= 15 is 0 Å². The quantitative estimate of drug-likeness (QED) is 0.434. The standard InChI is InChI=1S/C16H31NO/c1-7-9-16(13-18-11-10-17(5)6)15(8-2)12-14(3)4/h14,16H,2,7,9-13H2,1,3-6H3. The molecule has 0 aromatic carbocycles. The third-order valence-electron chi connectivity index (χ3n) is 2.99. The van der Waals surface area contributed by atoms with Crippen molar-refractivity contribution < 1.29 is 4.74 Å². The molecule has 0 aliphatic carbocycles. The van der Waals surface area contributed by atoms with Gasteiger partial charge in [-0.2, -0.15) is 0 Å². The van der Waals surface area contributed by atoms with Gasteiger partial charge in [-0.1, -0.05) is 33.8 Å². The van der Waals surface area contributed by atoms with Gasteiger partial charge in [0.25, 0.3) is 0 Å². The van der Waals surface area contributed by atoms with Crippen LogP contribution < -0.4 is 0 Å². The van der Waals surface area contributed by atoms with Gasteiger partial charge < -0.3 is 9.64 Å². The van der Waals surface area contributed by atoms with Crippen LogP contribution in [0, 0.1) is 11.8 Å². The maximum absolute atomic E-state index is 5.79. The van der Waals surface area contributed by atoms with Crippen LogP contribution in [0.4, 0.5) is 0 Å². The van der Waals surface area contributed by atoms with E-state index < -0.39 is 0 Å². The van der Waals surface area contributed by atoms with Gasteiger partial charge in [-0.25, -0.2) is 0 Å². The second-order valence-electron chi connectivity index (χ2n) is 5.66. The van der Waals surface area contributed by atoms with E-state index in [2.05, 4.69) is 52.1 Å². The Bertz CT molecular complexity index is 252. The van der Waals surface area contributed by atoms with Crippen LogP contribution in [-0.4, -0.2) is 38.8 Å². The molecule has 0 spiro atoms. The van der Waals surface area contributed by atoms with Gasteiger partial charge in [0.1, 0.15) is 0 Å². The molecule has 106 valence electrons. The molecule has 0 saturated heterocycles. The average Bonchev–Trinajstić information content (AvgIpc) is 2.29. The lowest BCUT2D eigenvalue weighted by Crippen LogP contribution is -2.21. The van der Waals surface area contributed by atoms with Gasteiger partial charge in [0, 0.05) is 12.5 Å². The number of ether oxygens (including phenoxy) is 1. The molecule has 0 bridgehead atoms. The summed E-state index contributed by atoms with van der Waals surface area (Å²) in [5.74, 6) is 1.16. The second-order valence-corrected chi connectivity index (χ2v) is 5.66. The monoisotopic (exact) mass is 253 g/mol. The zero-order chi connectivity index (χ0) is 14.0. The molecule has 1 atom stereocenters. The SMILES string of the molecule is C=C=C(CC(C)C)C(CCC)COCCN(C)C. The molecule has 0 saturated carbocycles. The van der Waals surface area contributed by atoms with Crippen LogP contribution in [0.2, 0.25) is 0 Å². The first-order valence-corrected chi connectivity index (χ1v) is 7.12. The Labute approximate surface area is 114 Å². The van der Waals surface area contributed by atoms with Crippen molar-refractivity contribution in [3.63, 3.8) is 0 Å². The minimum Gasteiger partial charge on any atom is -0.379 e. The van der Waals surface area contributed by atoms with Crippen molar-refractivity contribution in [2.45, 2.75) is 40.0 Å². The van der Waals surface area contributed by atoms with Crippen LogP contribution in [0.3, 0.4) is 0 Å². The Kier molecular flexibility index (Phi) is 10.0. The van der Waals surface area contributed by atoms with Gasteiger partial charge in [0.15, 0.2) is 0 Å². The summed E-state index contributed by atoms with van der Waals surface area (Å²) in [5, 5.41) is 0.